The lowest BCUT2D eigenvalue weighted by Crippen LogP contribution is -2.52. The molecule has 0 aliphatic heterocycles. The fraction of sp³-hybridized carbons (Fsp3) is 0.923. The monoisotopic (exact) mass is 239 g/mol. The van der Waals surface area contributed by atoms with Gasteiger partial charge in [0.15, 0.2) is 0 Å². The summed E-state index contributed by atoms with van der Waals surface area (Å²) in [4.78, 5) is 2.35. The van der Waals surface area contributed by atoms with Gasteiger partial charge in [0.05, 0.1) is 12.7 Å². The van der Waals surface area contributed by atoms with Gasteiger partial charge in [-0.15, -0.1) is 0 Å². The van der Waals surface area contributed by atoms with Gasteiger partial charge in [-0.2, -0.15) is 5.26 Å². The van der Waals surface area contributed by atoms with Gasteiger partial charge in [0.25, 0.3) is 0 Å². The molecule has 1 aliphatic rings. The predicted octanol–water partition coefficient (Wildman–Crippen LogP) is 1.38. The molecule has 4 nitrogen and oxygen atoms in total. The van der Waals surface area contributed by atoms with Crippen molar-refractivity contribution < 1.29 is 4.74 Å². The fourth-order valence-electron chi connectivity index (χ4n) is 2.70. The maximum Gasteiger partial charge on any atom is 0.108 e. The van der Waals surface area contributed by atoms with Gasteiger partial charge in [0.2, 0.25) is 0 Å². The molecule has 17 heavy (non-hydrogen) atoms. The van der Waals surface area contributed by atoms with Crippen LogP contribution in [0.4, 0.5) is 0 Å². The SMILES string of the molecule is CNC1(C#N)CCCC(N(C)C(C)COC)C1. The third kappa shape index (κ3) is 3.41. The highest BCUT2D eigenvalue weighted by atomic mass is 16.5. The minimum atomic E-state index is -0.329. The van der Waals surface area contributed by atoms with Gasteiger partial charge in [0, 0.05) is 19.2 Å². The molecule has 0 spiro atoms. The summed E-state index contributed by atoms with van der Waals surface area (Å²) in [7, 11) is 5.76. The Morgan fingerprint density at radius 2 is 2.35 bits per heavy atom. The van der Waals surface area contributed by atoms with Crippen molar-refractivity contribution in [2.75, 3.05) is 27.8 Å². The van der Waals surface area contributed by atoms with Crippen LogP contribution in [-0.4, -0.2) is 50.3 Å². The number of nitriles is 1. The summed E-state index contributed by atoms with van der Waals surface area (Å²) >= 11 is 0. The van der Waals surface area contributed by atoms with Crippen molar-refractivity contribution in [2.45, 2.75) is 50.2 Å². The van der Waals surface area contributed by atoms with Gasteiger partial charge in [-0.05, 0) is 46.7 Å². The van der Waals surface area contributed by atoms with Gasteiger partial charge in [-0.3, -0.25) is 4.90 Å². The number of likely N-dealkylation sites (N-methyl/N-ethyl adjacent to an activating group) is 1. The van der Waals surface area contributed by atoms with E-state index in [-0.39, 0.29) is 5.54 Å². The highest BCUT2D eigenvalue weighted by molar-refractivity contribution is 5.10. The molecule has 1 rings (SSSR count). The molecule has 1 fully saturated rings. The Kier molecular flexibility index (Phi) is 5.38. The van der Waals surface area contributed by atoms with Crippen LogP contribution in [0, 0.1) is 11.3 Å². The number of rotatable bonds is 5. The molecule has 0 radical (unpaired) electrons. The topological polar surface area (TPSA) is 48.3 Å². The third-order valence-corrected chi connectivity index (χ3v) is 4.10. The van der Waals surface area contributed by atoms with E-state index in [0.717, 1.165) is 25.9 Å². The first kappa shape index (κ1) is 14.4. The lowest BCUT2D eigenvalue weighted by atomic mass is 9.79. The van der Waals surface area contributed by atoms with Crippen LogP contribution in [-0.2, 0) is 4.74 Å². The Labute approximate surface area is 105 Å². The van der Waals surface area contributed by atoms with Crippen LogP contribution in [0.1, 0.15) is 32.6 Å². The van der Waals surface area contributed by atoms with Crippen molar-refractivity contribution in [3.8, 4) is 6.07 Å². The molecule has 1 N–H and O–H groups in total. The molecule has 0 heterocycles. The van der Waals surface area contributed by atoms with Crippen LogP contribution in [0.25, 0.3) is 0 Å². The standard InChI is InChI=1S/C13H25N3O/c1-11(9-17-4)16(3)12-6-5-7-13(8-12,10-14)15-2/h11-12,15H,5-9H2,1-4H3. The molecule has 0 amide bonds. The van der Waals surface area contributed by atoms with Crippen LogP contribution in [0.15, 0.2) is 0 Å². The van der Waals surface area contributed by atoms with E-state index in [4.69, 9.17) is 4.74 Å². The molecular weight excluding hydrogens is 214 g/mol. The Bertz CT molecular complexity index is 276. The summed E-state index contributed by atoms with van der Waals surface area (Å²) in [5.74, 6) is 0. The molecule has 0 saturated heterocycles. The van der Waals surface area contributed by atoms with Gasteiger partial charge in [-0.1, -0.05) is 0 Å². The summed E-state index contributed by atoms with van der Waals surface area (Å²) in [6, 6.07) is 3.33. The highest BCUT2D eigenvalue weighted by Crippen LogP contribution is 2.30. The maximum atomic E-state index is 9.33. The second-order valence-corrected chi connectivity index (χ2v) is 5.16. The zero-order valence-corrected chi connectivity index (χ0v) is 11.5. The van der Waals surface area contributed by atoms with E-state index in [1.165, 1.54) is 6.42 Å². The van der Waals surface area contributed by atoms with Crippen molar-refractivity contribution in [3.05, 3.63) is 0 Å². The van der Waals surface area contributed by atoms with Crippen molar-refractivity contribution in [1.82, 2.24) is 10.2 Å². The van der Waals surface area contributed by atoms with Crippen LogP contribution in [0.5, 0.6) is 0 Å². The fourth-order valence-corrected chi connectivity index (χ4v) is 2.70. The molecule has 0 bridgehead atoms. The van der Waals surface area contributed by atoms with Crippen molar-refractivity contribution in [1.29, 1.82) is 5.26 Å². The number of methoxy groups -OCH3 is 1. The molecular formula is C13H25N3O. The Balaban J connectivity index is 2.63. The molecule has 0 aromatic heterocycles. The Hall–Kier alpha value is -0.630. The molecule has 4 heteroatoms. The molecule has 98 valence electrons. The number of nitrogens with zero attached hydrogens (tertiary/aromatic N) is 2. The lowest BCUT2D eigenvalue weighted by molar-refractivity contribution is 0.0630. The Morgan fingerprint density at radius 1 is 1.65 bits per heavy atom. The molecule has 1 aliphatic carbocycles. The van der Waals surface area contributed by atoms with Crippen LogP contribution < -0.4 is 5.32 Å². The second kappa shape index (κ2) is 6.34. The quantitative estimate of drug-likeness (QED) is 0.787. The number of hydrogen-bond donors (Lipinski definition) is 1. The predicted molar refractivity (Wildman–Crippen MR) is 68.8 cm³/mol. The molecule has 3 unspecified atom stereocenters. The summed E-state index contributed by atoms with van der Waals surface area (Å²) in [5.41, 5.74) is -0.329. The van der Waals surface area contributed by atoms with Crippen LogP contribution >= 0.6 is 0 Å². The summed E-state index contributed by atoms with van der Waals surface area (Å²) < 4.78 is 5.20. The molecule has 0 aromatic carbocycles. The van der Waals surface area contributed by atoms with E-state index in [0.29, 0.717) is 12.1 Å². The van der Waals surface area contributed by atoms with Crippen LogP contribution in [0.3, 0.4) is 0 Å². The largest absolute Gasteiger partial charge is 0.383 e. The van der Waals surface area contributed by atoms with Gasteiger partial charge < -0.3 is 10.1 Å². The average molecular weight is 239 g/mol. The van der Waals surface area contributed by atoms with E-state index in [1.807, 2.05) is 7.05 Å². The number of hydrogen-bond acceptors (Lipinski definition) is 4. The van der Waals surface area contributed by atoms with E-state index in [2.05, 4.69) is 30.3 Å². The number of ether oxygens (including phenoxy) is 1. The van der Waals surface area contributed by atoms with E-state index < -0.39 is 0 Å². The van der Waals surface area contributed by atoms with Crippen molar-refractivity contribution in [3.63, 3.8) is 0 Å². The third-order valence-electron chi connectivity index (χ3n) is 4.10. The first-order chi connectivity index (χ1) is 8.08. The smallest absolute Gasteiger partial charge is 0.108 e. The Morgan fingerprint density at radius 3 is 2.88 bits per heavy atom. The maximum absolute atomic E-state index is 9.33. The first-order valence-corrected chi connectivity index (χ1v) is 6.39. The minimum absolute atomic E-state index is 0.329. The second-order valence-electron chi connectivity index (χ2n) is 5.16. The van der Waals surface area contributed by atoms with Crippen molar-refractivity contribution in [2.24, 2.45) is 0 Å². The summed E-state index contributed by atoms with van der Waals surface area (Å²) in [6.07, 6.45) is 4.16. The lowest BCUT2D eigenvalue weighted by Gasteiger charge is -2.41. The molecule has 1 saturated carbocycles. The van der Waals surface area contributed by atoms with Gasteiger partial charge >= 0.3 is 0 Å². The minimum Gasteiger partial charge on any atom is -0.383 e. The average Bonchev–Trinajstić information content (AvgIpc) is 2.38. The normalized spacial score (nSPS) is 31.2. The zero-order chi connectivity index (χ0) is 12.9. The molecule has 0 aromatic rings. The van der Waals surface area contributed by atoms with Gasteiger partial charge in [-0.25, -0.2) is 0 Å². The van der Waals surface area contributed by atoms with E-state index in [1.54, 1.807) is 7.11 Å². The number of nitrogens with one attached hydrogen (secondary N) is 1. The summed E-state index contributed by atoms with van der Waals surface area (Å²) in [6.45, 7) is 2.91. The van der Waals surface area contributed by atoms with Crippen molar-refractivity contribution >= 4 is 0 Å². The van der Waals surface area contributed by atoms with E-state index in [9.17, 15) is 5.26 Å². The highest BCUT2D eigenvalue weighted by Gasteiger charge is 2.37. The van der Waals surface area contributed by atoms with E-state index >= 15 is 0 Å². The zero-order valence-electron chi connectivity index (χ0n) is 11.5. The van der Waals surface area contributed by atoms with Gasteiger partial charge in [0.1, 0.15) is 5.54 Å². The van der Waals surface area contributed by atoms with Crippen LogP contribution in [0.2, 0.25) is 0 Å². The first-order valence-electron chi connectivity index (χ1n) is 6.39. The molecule has 3 atom stereocenters. The summed E-state index contributed by atoms with van der Waals surface area (Å²) in [5, 5.41) is 12.5.